The van der Waals surface area contributed by atoms with Gasteiger partial charge in [0.2, 0.25) is 0 Å². The van der Waals surface area contributed by atoms with Crippen molar-refractivity contribution in [3.63, 3.8) is 0 Å². The van der Waals surface area contributed by atoms with Crippen molar-refractivity contribution < 1.29 is 22.7 Å². The van der Waals surface area contributed by atoms with E-state index < -0.39 is 29.5 Å². The molecule has 0 aliphatic carbocycles. The van der Waals surface area contributed by atoms with Gasteiger partial charge < -0.3 is 4.74 Å². The van der Waals surface area contributed by atoms with E-state index in [0.717, 1.165) is 24.8 Å². The molecule has 1 aromatic carbocycles. The number of aromatic nitrogens is 1. The summed E-state index contributed by atoms with van der Waals surface area (Å²) in [6.07, 6.45) is 1.51. The van der Waals surface area contributed by atoms with E-state index in [-0.39, 0.29) is 12.1 Å². The maximum Gasteiger partial charge on any atom is 0.327 e. The summed E-state index contributed by atoms with van der Waals surface area (Å²) in [4.78, 5) is 17.5. The lowest BCUT2D eigenvalue weighted by Gasteiger charge is -2.26. The predicted octanol–water partition coefficient (Wildman–Crippen LogP) is 3.50. The number of pyridine rings is 1. The van der Waals surface area contributed by atoms with Gasteiger partial charge >= 0.3 is 5.97 Å². The second kappa shape index (κ2) is 7.63. The van der Waals surface area contributed by atoms with Crippen LogP contribution in [-0.4, -0.2) is 30.0 Å². The topological polar surface area (TPSA) is 42.4 Å². The summed E-state index contributed by atoms with van der Waals surface area (Å²) in [5.41, 5.74) is 0.668. The quantitative estimate of drug-likeness (QED) is 0.466. The Balaban J connectivity index is 2.34. The first-order valence-corrected chi connectivity index (χ1v) is 7.24. The molecule has 0 radical (unpaired) electrons. The number of benzene rings is 1. The number of halogens is 4. The van der Waals surface area contributed by atoms with Crippen LogP contribution in [0.3, 0.4) is 0 Å². The molecule has 0 N–H and O–H groups in total. The number of methoxy groups -OCH3 is 1. The smallest absolute Gasteiger partial charge is 0.327 e. The Morgan fingerprint density at radius 3 is 2.42 bits per heavy atom. The lowest BCUT2D eigenvalue weighted by molar-refractivity contribution is -0.147. The highest BCUT2D eigenvalue weighted by molar-refractivity contribution is 6.29. The van der Waals surface area contributed by atoms with Crippen LogP contribution >= 0.6 is 11.6 Å². The number of rotatable bonds is 5. The average Bonchev–Trinajstić information content (AvgIpc) is 2.54. The molecule has 8 heteroatoms. The molecule has 1 unspecified atom stereocenters. The molecule has 2 rings (SSSR count). The molecule has 0 bridgehead atoms. The number of carbonyl (C=O) groups is 1. The van der Waals surface area contributed by atoms with Crippen molar-refractivity contribution >= 4 is 17.6 Å². The van der Waals surface area contributed by atoms with Crippen LogP contribution in [0, 0.1) is 17.5 Å². The summed E-state index contributed by atoms with van der Waals surface area (Å²) < 4.78 is 44.8. The van der Waals surface area contributed by atoms with Crippen LogP contribution < -0.4 is 0 Å². The third-order valence-electron chi connectivity index (χ3n) is 3.41. The maximum atomic E-state index is 13.5. The fourth-order valence-corrected chi connectivity index (χ4v) is 2.41. The summed E-state index contributed by atoms with van der Waals surface area (Å²) >= 11 is 5.71. The molecule has 1 heterocycles. The van der Waals surface area contributed by atoms with E-state index in [4.69, 9.17) is 16.3 Å². The Hall–Kier alpha value is -2.12. The number of esters is 1. The lowest BCUT2D eigenvalue weighted by atomic mass is 10.0. The Morgan fingerprint density at radius 1 is 1.29 bits per heavy atom. The number of hydrogen-bond acceptors (Lipinski definition) is 4. The lowest BCUT2D eigenvalue weighted by Crippen LogP contribution is -2.31. The molecular formula is C16H14ClF3N2O2. The Labute approximate surface area is 141 Å². The number of likely N-dealkylation sites (N-methyl/N-ethyl adjacent to an activating group) is 1. The number of ether oxygens (including phenoxy) is 1. The molecule has 1 atom stereocenters. The first-order chi connectivity index (χ1) is 11.3. The van der Waals surface area contributed by atoms with E-state index in [0.29, 0.717) is 5.15 Å². The van der Waals surface area contributed by atoms with E-state index >= 15 is 0 Å². The molecule has 24 heavy (non-hydrogen) atoms. The largest absolute Gasteiger partial charge is 0.468 e. The van der Waals surface area contributed by atoms with Crippen molar-refractivity contribution in [2.75, 3.05) is 14.2 Å². The van der Waals surface area contributed by atoms with Crippen molar-refractivity contribution in [3.8, 4) is 0 Å². The highest BCUT2D eigenvalue weighted by Crippen LogP contribution is 2.26. The van der Waals surface area contributed by atoms with Crippen molar-refractivity contribution in [1.29, 1.82) is 0 Å². The minimum absolute atomic E-state index is 0.0531. The number of nitrogens with zero attached hydrogens (tertiary/aromatic N) is 2. The predicted molar refractivity (Wildman–Crippen MR) is 81.8 cm³/mol. The molecule has 1 aromatic heterocycles. The zero-order valence-corrected chi connectivity index (χ0v) is 13.6. The third kappa shape index (κ3) is 4.04. The van der Waals surface area contributed by atoms with Crippen molar-refractivity contribution in [2.24, 2.45) is 0 Å². The molecular weight excluding hydrogens is 345 g/mol. The molecule has 0 saturated carbocycles. The van der Waals surface area contributed by atoms with Gasteiger partial charge in [0.05, 0.1) is 7.11 Å². The summed E-state index contributed by atoms with van der Waals surface area (Å²) in [7, 11) is 2.72. The van der Waals surface area contributed by atoms with Crippen molar-refractivity contribution in [3.05, 3.63) is 64.2 Å². The second-order valence-corrected chi connectivity index (χ2v) is 5.52. The van der Waals surface area contributed by atoms with Gasteiger partial charge in [-0.25, -0.2) is 22.9 Å². The normalized spacial score (nSPS) is 12.3. The van der Waals surface area contributed by atoms with E-state index in [1.54, 1.807) is 19.2 Å². The first kappa shape index (κ1) is 18.2. The highest BCUT2D eigenvalue weighted by atomic mass is 35.5. The number of hydrogen-bond donors (Lipinski definition) is 0. The second-order valence-electron chi connectivity index (χ2n) is 5.13. The van der Waals surface area contributed by atoms with Crippen LogP contribution in [0.15, 0.2) is 30.5 Å². The molecule has 4 nitrogen and oxygen atoms in total. The van der Waals surface area contributed by atoms with E-state index in [1.807, 2.05) is 0 Å². The van der Waals surface area contributed by atoms with Gasteiger partial charge in [-0.3, -0.25) is 4.90 Å². The summed E-state index contributed by atoms with van der Waals surface area (Å²) in [6.45, 7) is 0.227. The SMILES string of the molecule is COC(=O)C(c1cc(F)c(F)c(F)c1)N(C)Cc1ccc(Cl)nc1. The van der Waals surface area contributed by atoms with Crippen LogP contribution in [0.2, 0.25) is 5.15 Å². The van der Waals surface area contributed by atoms with Crippen LogP contribution in [0.25, 0.3) is 0 Å². The minimum atomic E-state index is -1.59. The fourth-order valence-electron chi connectivity index (χ4n) is 2.29. The number of carbonyl (C=O) groups excluding carboxylic acids is 1. The standard InChI is InChI=1S/C16H14ClF3N2O2/c1-22(8-9-3-4-13(17)21-7-9)15(16(23)24-2)10-5-11(18)14(20)12(19)6-10/h3-7,15H,8H2,1-2H3. The van der Waals surface area contributed by atoms with Gasteiger partial charge in [-0.2, -0.15) is 0 Å². The van der Waals surface area contributed by atoms with Crippen LogP contribution in [0.1, 0.15) is 17.2 Å². The first-order valence-electron chi connectivity index (χ1n) is 6.86. The molecule has 0 aliphatic rings. The monoisotopic (exact) mass is 358 g/mol. The molecule has 128 valence electrons. The van der Waals surface area contributed by atoms with Crippen LogP contribution in [0.5, 0.6) is 0 Å². The molecule has 0 aliphatic heterocycles. The summed E-state index contributed by atoms with van der Waals surface area (Å²) in [6, 6.07) is 3.71. The van der Waals surface area contributed by atoms with Gasteiger partial charge in [0.1, 0.15) is 11.2 Å². The fraction of sp³-hybridized carbons (Fsp3) is 0.250. The zero-order valence-electron chi connectivity index (χ0n) is 12.9. The van der Waals surface area contributed by atoms with Crippen LogP contribution in [0.4, 0.5) is 13.2 Å². The zero-order chi connectivity index (χ0) is 17.9. The average molecular weight is 359 g/mol. The van der Waals surface area contributed by atoms with Gasteiger partial charge in [-0.15, -0.1) is 0 Å². The van der Waals surface area contributed by atoms with Crippen molar-refractivity contribution in [2.45, 2.75) is 12.6 Å². The van der Waals surface area contributed by atoms with Gasteiger partial charge in [0, 0.05) is 12.7 Å². The Kier molecular flexibility index (Phi) is 5.80. The molecule has 0 saturated heterocycles. The minimum Gasteiger partial charge on any atom is -0.468 e. The van der Waals surface area contributed by atoms with E-state index in [1.165, 1.54) is 11.1 Å². The van der Waals surface area contributed by atoms with Gasteiger partial charge in [-0.05, 0) is 36.4 Å². The summed E-state index contributed by atoms with van der Waals surface area (Å²) in [5.74, 6) is -5.07. The van der Waals surface area contributed by atoms with Gasteiger partial charge in [0.15, 0.2) is 17.5 Å². The maximum absolute atomic E-state index is 13.5. The summed E-state index contributed by atoms with van der Waals surface area (Å²) in [5, 5.41) is 0.314. The molecule has 0 fully saturated rings. The van der Waals surface area contributed by atoms with E-state index in [9.17, 15) is 18.0 Å². The Bertz CT molecular complexity index is 718. The van der Waals surface area contributed by atoms with Crippen molar-refractivity contribution in [1.82, 2.24) is 9.88 Å². The highest BCUT2D eigenvalue weighted by Gasteiger charge is 2.28. The molecule has 0 amide bonds. The molecule has 2 aromatic rings. The van der Waals surface area contributed by atoms with Gasteiger partial charge in [-0.1, -0.05) is 17.7 Å². The Morgan fingerprint density at radius 2 is 1.92 bits per heavy atom. The van der Waals surface area contributed by atoms with Gasteiger partial charge in [0.25, 0.3) is 0 Å². The van der Waals surface area contributed by atoms with Crippen LogP contribution in [-0.2, 0) is 16.1 Å². The third-order valence-corrected chi connectivity index (χ3v) is 3.63. The van der Waals surface area contributed by atoms with E-state index in [2.05, 4.69) is 4.98 Å². The molecule has 0 spiro atoms.